The fourth-order valence-corrected chi connectivity index (χ4v) is 5.24. The monoisotopic (exact) mass is 376 g/mol. The van der Waals surface area contributed by atoms with Crippen molar-refractivity contribution in [2.24, 2.45) is 0 Å². The third kappa shape index (κ3) is 6.45. The van der Waals surface area contributed by atoms with Gasteiger partial charge < -0.3 is 0 Å². The van der Waals surface area contributed by atoms with Crippen molar-refractivity contribution < 1.29 is 0 Å². The minimum absolute atomic E-state index is 0.927. The first kappa shape index (κ1) is 21.1. The molecule has 0 fully saturated rings. The molecule has 142 valence electrons. The second kappa shape index (κ2) is 9.62. The van der Waals surface area contributed by atoms with Crippen LogP contribution >= 0.6 is 10.0 Å². The predicted octanol–water partition coefficient (Wildman–Crippen LogP) is 7.41. The highest BCUT2D eigenvalue weighted by Crippen LogP contribution is 2.52. The molecular formula is C26H32S. The summed E-state index contributed by atoms with van der Waals surface area (Å²) in [6.45, 7) is 8.23. The van der Waals surface area contributed by atoms with E-state index in [1.54, 1.807) is 0 Å². The molecule has 0 aliphatic carbocycles. The molecule has 0 saturated heterocycles. The second-order valence-corrected chi connectivity index (χ2v) is 11.8. The zero-order chi connectivity index (χ0) is 19.9. The Hall–Kier alpha value is -2.25. The van der Waals surface area contributed by atoms with Crippen LogP contribution in [0.25, 0.3) is 5.57 Å². The molecule has 27 heavy (non-hydrogen) atoms. The summed E-state index contributed by atoms with van der Waals surface area (Å²) in [4.78, 5) is 1.49. The quantitative estimate of drug-likeness (QED) is 0.441. The summed E-state index contributed by atoms with van der Waals surface area (Å²) in [5.74, 6) is 0. The third-order valence-electron chi connectivity index (χ3n) is 4.32. The largest absolute Gasteiger partial charge is 0.223 e. The molecule has 0 bridgehead atoms. The Morgan fingerprint density at radius 3 is 1.96 bits per heavy atom. The molecule has 0 unspecified atom stereocenters. The van der Waals surface area contributed by atoms with Gasteiger partial charge in [-0.3, -0.25) is 0 Å². The van der Waals surface area contributed by atoms with Gasteiger partial charge in [0.05, 0.1) is 0 Å². The lowest BCUT2D eigenvalue weighted by Gasteiger charge is -2.33. The summed E-state index contributed by atoms with van der Waals surface area (Å²) in [5.41, 5.74) is 6.50. The lowest BCUT2D eigenvalue weighted by Crippen LogP contribution is -2.05. The van der Waals surface area contributed by atoms with Crippen molar-refractivity contribution in [3.05, 3.63) is 113 Å². The standard InChI is InChI=1S/C26H32S/c1-21(2)14-13-15-22(3)26(27(4,5)6)25(24-18-11-8-12-19-24)20-23-16-9-7-10-17-23/h7-19H,1,20H2,2-6H3/b14-13-,22-15+,26-25+. The lowest BCUT2D eigenvalue weighted by molar-refractivity contribution is 1.26. The Morgan fingerprint density at radius 1 is 0.889 bits per heavy atom. The normalized spacial score (nSPS) is 14.2. The van der Waals surface area contributed by atoms with E-state index in [9.17, 15) is 0 Å². The van der Waals surface area contributed by atoms with Crippen molar-refractivity contribution in [1.29, 1.82) is 0 Å². The fourth-order valence-electron chi connectivity index (χ4n) is 3.28. The van der Waals surface area contributed by atoms with Crippen LogP contribution in [0.2, 0.25) is 0 Å². The first-order valence-electron chi connectivity index (χ1n) is 9.30. The van der Waals surface area contributed by atoms with E-state index in [-0.39, 0.29) is 0 Å². The van der Waals surface area contributed by atoms with Crippen molar-refractivity contribution in [3.8, 4) is 0 Å². The fraction of sp³-hybridized carbons (Fsp3) is 0.231. The molecular weight excluding hydrogens is 344 g/mol. The number of hydrogen-bond donors (Lipinski definition) is 0. The van der Waals surface area contributed by atoms with Gasteiger partial charge >= 0.3 is 0 Å². The number of hydrogen-bond acceptors (Lipinski definition) is 0. The van der Waals surface area contributed by atoms with E-state index >= 15 is 0 Å². The van der Waals surface area contributed by atoms with E-state index in [2.05, 4.69) is 111 Å². The van der Waals surface area contributed by atoms with Crippen LogP contribution in [0.4, 0.5) is 0 Å². The Kier molecular flexibility index (Phi) is 7.50. The summed E-state index contributed by atoms with van der Waals surface area (Å²) in [7, 11) is -0.927. The highest BCUT2D eigenvalue weighted by molar-refractivity contribution is 8.35. The van der Waals surface area contributed by atoms with Crippen LogP contribution in [-0.2, 0) is 6.42 Å². The third-order valence-corrected chi connectivity index (χ3v) is 6.11. The Morgan fingerprint density at radius 2 is 1.44 bits per heavy atom. The summed E-state index contributed by atoms with van der Waals surface area (Å²) in [6, 6.07) is 21.6. The van der Waals surface area contributed by atoms with Gasteiger partial charge in [0.25, 0.3) is 0 Å². The van der Waals surface area contributed by atoms with E-state index in [0.717, 1.165) is 12.0 Å². The van der Waals surface area contributed by atoms with Crippen molar-refractivity contribution in [3.63, 3.8) is 0 Å². The molecule has 0 aliphatic heterocycles. The minimum Gasteiger partial charge on any atom is -0.223 e. The summed E-state index contributed by atoms with van der Waals surface area (Å²) < 4.78 is 0. The van der Waals surface area contributed by atoms with Crippen molar-refractivity contribution >= 4 is 15.6 Å². The molecule has 0 N–H and O–H groups in total. The molecule has 2 rings (SSSR count). The topological polar surface area (TPSA) is 0 Å². The van der Waals surface area contributed by atoms with E-state index in [0.29, 0.717) is 0 Å². The molecule has 0 atom stereocenters. The average Bonchev–Trinajstić information content (AvgIpc) is 2.61. The molecule has 0 aromatic heterocycles. The Bertz CT molecular complexity index is 844. The van der Waals surface area contributed by atoms with Gasteiger partial charge in [-0.05, 0) is 66.2 Å². The van der Waals surface area contributed by atoms with Gasteiger partial charge in [-0.1, -0.05) is 91.0 Å². The number of allylic oxidation sites excluding steroid dienone is 6. The molecule has 2 aromatic rings. The number of benzene rings is 2. The van der Waals surface area contributed by atoms with Gasteiger partial charge in [-0.2, -0.15) is 0 Å². The average molecular weight is 377 g/mol. The lowest BCUT2D eigenvalue weighted by atomic mass is 9.96. The zero-order valence-corrected chi connectivity index (χ0v) is 18.1. The summed E-state index contributed by atoms with van der Waals surface area (Å²) in [6.07, 6.45) is 14.5. The van der Waals surface area contributed by atoms with Gasteiger partial charge in [0, 0.05) is 0 Å². The predicted molar refractivity (Wildman–Crippen MR) is 127 cm³/mol. The molecule has 0 radical (unpaired) electrons. The molecule has 0 saturated carbocycles. The van der Waals surface area contributed by atoms with Gasteiger partial charge in [-0.25, -0.2) is 10.0 Å². The molecule has 1 heteroatoms. The minimum atomic E-state index is -0.927. The maximum Gasteiger partial charge on any atom is -0.000917 e. The summed E-state index contributed by atoms with van der Waals surface area (Å²) in [5, 5.41) is 0. The van der Waals surface area contributed by atoms with Gasteiger partial charge in [-0.15, -0.1) is 0 Å². The van der Waals surface area contributed by atoms with Crippen LogP contribution in [0, 0.1) is 0 Å². The first-order chi connectivity index (χ1) is 12.8. The van der Waals surface area contributed by atoms with Crippen LogP contribution in [0.1, 0.15) is 25.0 Å². The van der Waals surface area contributed by atoms with Gasteiger partial charge in [0.1, 0.15) is 0 Å². The second-order valence-electron chi connectivity index (χ2n) is 7.73. The van der Waals surface area contributed by atoms with Crippen LogP contribution in [-0.4, -0.2) is 18.8 Å². The molecule has 0 heterocycles. The highest BCUT2D eigenvalue weighted by Gasteiger charge is 2.20. The Labute approximate surface area is 167 Å². The van der Waals surface area contributed by atoms with Crippen LogP contribution in [0.15, 0.2) is 102 Å². The van der Waals surface area contributed by atoms with Gasteiger partial charge in [0.2, 0.25) is 0 Å². The molecule has 0 nitrogen and oxygen atoms in total. The smallest absolute Gasteiger partial charge is 0.000917 e. The highest BCUT2D eigenvalue weighted by atomic mass is 32.3. The van der Waals surface area contributed by atoms with Crippen molar-refractivity contribution in [2.45, 2.75) is 20.3 Å². The zero-order valence-electron chi connectivity index (χ0n) is 17.3. The van der Waals surface area contributed by atoms with E-state index < -0.39 is 10.0 Å². The van der Waals surface area contributed by atoms with Crippen LogP contribution in [0.5, 0.6) is 0 Å². The molecule has 0 aliphatic rings. The molecule has 0 spiro atoms. The first-order valence-corrected chi connectivity index (χ1v) is 12.2. The van der Waals surface area contributed by atoms with Crippen LogP contribution in [0.3, 0.4) is 0 Å². The van der Waals surface area contributed by atoms with Crippen LogP contribution < -0.4 is 0 Å². The SMILES string of the molecule is C=C(C)\C=C/C=C(C)/C(=C(/Cc1ccccc1)c1ccccc1)S(C)(C)C. The van der Waals surface area contributed by atoms with E-state index in [1.165, 1.54) is 27.2 Å². The Balaban J connectivity index is 2.66. The van der Waals surface area contributed by atoms with E-state index in [4.69, 9.17) is 0 Å². The van der Waals surface area contributed by atoms with Crippen molar-refractivity contribution in [1.82, 2.24) is 0 Å². The molecule has 0 amide bonds. The van der Waals surface area contributed by atoms with Gasteiger partial charge in [0.15, 0.2) is 0 Å². The summed E-state index contributed by atoms with van der Waals surface area (Å²) >= 11 is 0. The maximum atomic E-state index is 3.96. The number of rotatable bonds is 7. The molecule has 2 aromatic carbocycles. The maximum absolute atomic E-state index is 3.96. The van der Waals surface area contributed by atoms with Crippen molar-refractivity contribution in [2.75, 3.05) is 18.8 Å². The van der Waals surface area contributed by atoms with E-state index in [1.807, 2.05) is 6.92 Å².